The van der Waals surface area contributed by atoms with Gasteiger partial charge in [0.25, 0.3) is 5.56 Å². The number of fused-ring (bicyclic) bond motifs is 2. The SMILES string of the molecule is CN=C/C(=C\N)c1cc2c(cc1C#N)N(c1cc(C(C)C)cc3c1cc(C)c(=O)n3C)CCC2. The molecule has 0 saturated heterocycles. The van der Waals surface area contributed by atoms with Gasteiger partial charge in [-0.2, -0.15) is 5.26 Å². The number of aromatic nitrogens is 1. The molecule has 174 valence electrons. The van der Waals surface area contributed by atoms with Gasteiger partial charge in [-0.1, -0.05) is 13.8 Å². The maximum atomic E-state index is 12.7. The van der Waals surface area contributed by atoms with E-state index in [4.69, 9.17) is 5.73 Å². The zero-order valence-electron chi connectivity index (χ0n) is 20.5. The molecule has 0 radical (unpaired) electrons. The average Bonchev–Trinajstić information content (AvgIpc) is 2.84. The molecule has 34 heavy (non-hydrogen) atoms. The van der Waals surface area contributed by atoms with Gasteiger partial charge < -0.3 is 15.2 Å². The number of pyridine rings is 1. The molecule has 0 bridgehead atoms. The van der Waals surface area contributed by atoms with E-state index in [1.54, 1.807) is 17.8 Å². The number of hydrogen-bond acceptors (Lipinski definition) is 5. The van der Waals surface area contributed by atoms with Crippen molar-refractivity contribution < 1.29 is 0 Å². The van der Waals surface area contributed by atoms with Crippen LogP contribution in [0.3, 0.4) is 0 Å². The van der Waals surface area contributed by atoms with Crippen molar-refractivity contribution in [3.8, 4) is 6.07 Å². The molecule has 6 nitrogen and oxygen atoms in total. The number of benzene rings is 2. The molecule has 0 unspecified atom stereocenters. The Labute approximate surface area is 200 Å². The zero-order chi connectivity index (χ0) is 24.6. The third kappa shape index (κ3) is 3.88. The van der Waals surface area contributed by atoms with Gasteiger partial charge in [-0.05, 0) is 67.1 Å². The molecule has 2 heterocycles. The average molecular weight is 454 g/mol. The fourth-order valence-corrected chi connectivity index (χ4v) is 4.83. The van der Waals surface area contributed by atoms with Gasteiger partial charge in [-0.15, -0.1) is 0 Å². The Morgan fingerprint density at radius 3 is 2.62 bits per heavy atom. The number of hydrogen-bond donors (Lipinski definition) is 1. The van der Waals surface area contributed by atoms with Crippen molar-refractivity contribution in [3.05, 3.63) is 74.7 Å². The summed E-state index contributed by atoms with van der Waals surface area (Å²) in [5.74, 6) is 0.312. The molecule has 0 spiro atoms. The van der Waals surface area contributed by atoms with Gasteiger partial charge in [0.1, 0.15) is 0 Å². The van der Waals surface area contributed by atoms with Crippen molar-refractivity contribution in [2.75, 3.05) is 18.5 Å². The fraction of sp³-hybridized carbons (Fsp3) is 0.321. The van der Waals surface area contributed by atoms with Crippen molar-refractivity contribution >= 4 is 34.1 Å². The Bertz CT molecular complexity index is 1440. The number of aliphatic imine (C=N–C) groups is 1. The summed E-state index contributed by atoms with van der Waals surface area (Å²) < 4.78 is 1.75. The Kier molecular flexibility index (Phi) is 6.30. The molecule has 1 aliphatic rings. The van der Waals surface area contributed by atoms with E-state index in [0.29, 0.717) is 11.5 Å². The molecule has 4 rings (SSSR count). The maximum absolute atomic E-state index is 12.7. The molecule has 0 fully saturated rings. The van der Waals surface area contributed by atoms with Crippen LogP contribution in [-0.4, -0.2) is 24.4 Å². The lowest BCUT2D eigenvalue weighted by Crippen LogP contribution is -2.26. The summed E-state index contributed by atoms with van der Waals surface area (Å²) in [6, 6.07) is 12.8. The second-order valence-corrected chi connectivity index (χ2v) is 9.22. The minimum absolute atomic E-state index is 0.0218. The largest absolute Gasteiger partial charge is 0.404 e. The second kappa shape index (κ2) is 9.18. The number of nitrogens with two attached hydrogens (primary N) is 1. The first-order chi connectivity index (χ1) is 16.3. The van der Waals surface area contributed by atoms with E-state index in [2.05, 4.69) is 48.0 Å². The monoisotopic (exact) mass is 453 g/mol. The summed E-state index contributed by atoms with van der Waals surface area (Å²) in [5, 5.41) is 11.0. The van der Waals surface area contributed by atoms with Crippen LogP contribution >= 0.6 is 0 Å². The highest BCUT2D eigenvalue weighted by Gasteiger charge is 2.24. The van der Waals surface area contributed by atoms with Crippen LogP contribution in [0.15, 0.2) is 46.3 Å². The molecule has 0 amide bonds. The van der Waals surface area contributed by atoms with Crippen molar-refractivity contribution in [2.45, 2.75) is 39.5 Å². The molecule has 6 heteroatoms. The summed E-state index contributed by atoms with van der Waals surface area (Å²) in [5.41, 5.74) is 14.1. The van der Waals surface area contributed by atoms with Gasteiger partial charge in [0.05, 0.1) is 22.8 Å². The van der Waals surface area contributed by atoms with Crippen LogP contribution in [0.2, 0.25) is 0 Å². The van der Waals surface area contributed by atoms with E-state index in [0.717, 1.165) is 58.4 Å². The third-order valence-corrected chi connectivity index (χ3v) is 6.70. The Hall–Kier alpha value is -3.85. The van der Waals surface area contributed by atoms with Gasteiger partial charge >= 0.3 is 0 Å². The molecule has 3 aromatic rings. The normalized spacial score (nSPS) is 14.1. The standard InChI is InChI=1S/C28H31N5O/c1-17(2)20-11-26-24(9-18(3)28(34)32(26)5)27(12-20)33-8-6-7-19-10-23(22(15-30)16-31-4)21(14-29)13-25(19)33/h9-13,15-17H,6-8,30H2,1-5H3/b22-15+,31-16?. The first-order valence-corrected chi connectivity index (χ1v) is 11.6. The topological polar surface area (TPSA) is 87.4 Å². The van der Waals surface area contributed by atoms with Crippen LogP contribution in [0.4, 0.5) is 11.4 Å². The van der Waals surface area contributed by atoms with Crippen molar-refractivity contribution in [1.82, 2.24) is 4.57 Å². The van der Waals surface area contributed by atoms with E-state index in [1.165, 1.54) is 17.3 Å². The number of aryl methyl sites for hydroxylation is 3. The molecule has 2 N–H and O–H groups in total. The highest BCUT2D eigenvalue weighted by Crippen LogP contribution is 2.41. The zero-order valence-corrected chi connectivity index (χ0v) is 20.5. The third-order valence-electron chi connectivity index (χ3n) is 6.70. The van der Waals surface area contributed by atoms with E-state index in [-0.39, 0.29) is 5.56 Å². The lowest BCUT2D eigenvalue weighted by molar-refractivity contribution is 0.765. The Balaban J connectivity index is 2.01. The van der Waals surface area contributed by atoms with Crippen LogP contribution in [0.1, 0.15) is 54.0 Å². The molecule has 1 aromatic heterocycles. The molecule has 1 aliphatic heterocycles. The summed E-state index contributed by atoms with van der Waals surface area (Å²) in [7, 11) is 3.53. The van der Waals surface area contributed by atoms with Crippen LogP contribution in [0.25, 0.3) is 16.5 Å². The van der Waals surface area contributed by atoms with Crippen LogP contribution in [-0.2, 0) is 13.5 Å². The predicted octanol–water partition coefficient (Wildman–Crippen LogP) is 4.93. The van der Waals surface area contributed by atoms with Crippen molar-refractivity contribution in [3.63, 3.8) is 0 Å². The second-order valence-electron chi connectivity index (χ2n) is 9.22. The van der Waals surface area contributed by atoms with Gasteiger partial charge in [-0.3, -0.25) is 9.79 Å². The number of rotatable bonds is 4. The number of allylic oxidation sites excluding steroid dienone is 1. The highest BCUT2D eigenvalue weighted by molar-refractivity contribution is 6.11. The van der Waals surface area contributed by atoms with Gasteiger partial charge in [0.2, 0.25) is 0 Å². The number of nitrogens with zero attached hydrogens (tertiary/aromatic N) is 4. The van der Waals surface area contributed by atoms with Gasteiger partial charge in [0, 0.05) is 60.8 Å². The molecule has 2 aromatic carbocycles. The van der Waals surface area contributed by atoms with Crippen LogP contribution in [0.5, 0.6) is 0 Å². The predicted molar refractivity (Wildman–Crippen MR) is 141 cm³/mol. The summed E-state index contributed by atoms with van der Waals surface area (Å²) in [4.78, 5) is 19.1. The summed E-state index contributed by atoms with van der Waals surface area (Å²) in [6.07, 6.45) is 5.09. The van der Waals surface area contributed by atoms with Crippen molar-refractivity contribution in [1.29, 1.82) is 5.26 Å². The molecular weight excluding hydrogens is 422 g/mol. The molecule has 0 saturated carbocycles. The van der Waals surface area contributed by atoms with E-state index >= 15 is 0 Å². The quantitative estimate of drug-likeness (QED) is 0.568. The lowest BCUT2D eigenvalue weighted by atomic mass is 9.91. The van der Waals surface area contributed by atoms with Crippen LogP contribution in [0, 0.1) is 18.3 Å². The lowest BCUT2D eigenvalue weighted by Gasteiger charge is -2.34. The molecular formula is C28H31N5O. The Morgan fingerprint density at radius 2 is 1.97 bits per heavy atom. The smallest absolute Gasteiger partial charge is 0.253 e. The van der Waals surface area contributed by atoms with Crippen molar-refractivity contribution in [2.24, 2.45) is 17.8 Å². The summed E-state index contributed by atoms with van der Waals surface area (Å²) >= 11 is 0. The Morgan fingerprint density at radius 1 is 1.21 bits per heavy atom. The van der Waals surface area contributed by atoms with E-state index in [1.807, 2.05) is 26.1 Å². The van der Waals surface area contributed by atoms with Gasteiger partial charge in [0.15, 0.2) is 0 Å². The maximum Gasteiger partial charge on any atom is 0.253 e. The molecule has 0 aliphatic carbocycles. The number of anilines is 2. The highest BCUT2D eigenvalue weighted by atomic mass is 16.1. The fourth-order valence-electron chi connectivity index (χ4n) is 4.83. The van der Waals surface area contributed by atoms with E-state index in [9.17, 15) is 10.1 Å². The minimum Gasteiger partial charge on any atom is -0.404 e. The first kappa shape index (κ1) is 23.3. The first-order valence-electron chi connectivity index (χ1n) is 11.6. The van der Waals surface area contributed by atoms with Crippen LogP contribution < -0.4 is 16.2 Å². The minimum atomic E-state index is 0.0218. The van der Waals surface area contributed by atoms with E-state index < -0.39 is 0 Å². The molecule has 0 atom stereocenters. The van der Waals surface area contributed by atoms with Gasteiger partial charge in [-0.25, -0.2) is 0 Å². The summed E-state index contributed by atoms with van der Waals surface area (Å²) in [6.45, 7) is 7.03. The number of nitriles is 1.